The number of likely N-dealkylation sites (N-methyl/N-ethyl adjacent to an activating group) is 1. The normalized spacial score (nSPS) is 17.5. The smallest absolute Gasteiger partial charge is 0.231 e. The average Bonchev–Trinajstić information content (AvgIpc) is 3.43. The van der Waals surface area contributed by atoms with Crippen LogP contribution in [0.15, 0.2) is 67.1 Å². The van der Waals surface area contributed by atoms with Crippen LogP contribution in [0.1, 0.15) is 24.0 Å². The van der Waals surface area contributed by atoms with Crippen molar-refractivity contribution in [2.75, 3.05) is 67.2 Å². The van der Waals surface area contributed by atoms with E-state index in [4.69, 9.17) is 10.5 Å². The van der Waals surface area contributed by atoms with Crippen molar-refractivity contribution in [3.05, 3.63) is 78.2 Å². The van der Waals surface area contributed by atoms with Gasteiger partial charge in [-0.3, -0.25) is 0 Å². The molecule has 2 saturated heterocycles. The monoisotopic (exact) mass is 552 g/mol. The number of ether oxygens (including phenoxy) is 1. The van der Waals surface area contributed by atoms with Crippen molar-refractivity contribution in [1.29, 1.82) is 0 Å². The van der Waals surface area contributed by atoms with E-state index in [2.05, 4.69) is 64.1 Å². The molecule has 0 spiro atoms. The predicted molar refractivity (Wildman–Crippen MR) is 161 cm³/mol. The van der Waals surface area contributed by atoms with Gasteiger partial charge in [0.1, 0.15) is 24.5 Å². The number of hydrogen-bond acceptors (Lipinski definition) is 11. The second kappa shape index (κ2) is 12.3. The second-order valence-corrected chi connectivity index (χ2v) is 10.6. The molecule has 2 aliphatic rings. The van der Waals surface area contributed by atoms with E-state index in [1.165, 1.54) is 18.4 Å². The minimum Gasteiger partial charge on any atom is -0.492 e. The van der Waals surface area contributed by atoms with E-state index in [9.17, 15) is 0 Å². The van der Waals surface area contributed by atoms with Crippen LogP contribution in [0, 0.1) is 0 Å². The van der Waals surface area contributed by atoms with Crippen molar-refractivity contribution in [3.8, 4) is 5.75 Å². The Kier molecular flexibility index (Phi) is 8.04. The summed E-state index contributed by atoms with van der Waals surface area (Å²) in [5.41, 5.74) is 9.31. The van der Waals surface area contributed by atoms with Crippen molar-refractivity contribution in [2.45, 2.75) is 25.3 Å². The van der Waals surface area contributed by atoms with Crippen molar-refractivity contribution < 1.29 is 4.74 Å². The first-order valence-electron chi connectivity index (χ1n) is 14.1. The Morgan fingerprint density at radius 3 is 2.29 bits per heavy atom. The summed E-state index contributed by atoms with van der Waals surface area (Å²) >= 11 is 0. The summed E-state index contributed by atoms with van der Waals surface area (Å²) in [4.78, 5) is 29.3. The van der Waals surface area contributed by atoms with E-state index in [0.29, 0.717) is 42.7 Å². The van der Waals surface area contributed by atoms with Crippen LogP contribution in [0.3, 0.4) is 0 Å². The number of anilines is 5. The summed E-state index contributed by atoms with van der Waals surface area (Å²) in [5, 5.41) is 3.28. The first kappa shape index (κ1) is 26.7. The molecule has 0 aliphatic carbocycles. The van der Waals surface area contributed by atoms with E-state index in [1.54, 1.807) is 6.33 Å². The number of likely N-dealkylation sites (tertiary alicyclic amines) is 1. The van der Waals surface area contributed by atoms with E-state index in [1.807, 2.05) is 48.7 Å². The molecule has 4 aromatic rings. The maximum Gasteiger partial charge on any atom is 0.231 e. The Bertz CT molecular complexity index is 1430. The molecular formula is C30H36N10O. The third-order valence-corrected chi connectivity index (χ3v) is 7.75. The summed E-state index contributed by atoms with van der Waals surface area (Å²) in [5.74, 6) is 3.18. The van der Waals surface area contributed by atoms with E-state index in [-0.39, 0.29) is 0 Å². The molecule has 2 aliphatic heterocycles. The van der Waals surface area contributed by atoms with Crippen molar-refractivity contribution in [2.24, 2.45) is 0 Å². The van der Waals surface area contributed by atoms with Gasteiger partial charge < -0.3 is 30.5 Å². The van der Waals surface area contributed by atoms with Gasteiger partial charge in [0.2, 0.25) is 17.8 Å². The number of nitrogens with zero attached hydrogens (tertiary/aromatic N) is 8. The maximum absolute atomic E-state index is 6.30. The van der Waals surface area contributed by atoms with Gasteiger partial charge >= 0.3 is 0 Å². The summed E-state index contributed by atoms with van der Waals surface area (Å²) in [6, 6.07) is 18.6. The topological polar surface area (TPSA) is 121 Å². The van der Waals surface area contributed by atoms with Crippen LogP contribution < -0.4 is 25.6 Å². The quantitative estimate of drug-likeness (QED) is 0.318. The third-order valence-electron chi connectivity index (χ3n) is 7.75. The Hall–Kier alpha value is -4.51. The fraction of sp³-hybridized carbons (Fsp3) is 0.367. The van der Waals surface area contributed by atoms with E-state index in [0.717, 1.165) is 49.7 Å². The molecule has 2 aromatic heterocycles. The first-order valence-corrected chi connectivity index (χ1v) is 14.1. The lowest BCUT2D eigenvalue weighted by molar-refractivity contribution is 0.198. The highest BCUT2D eigenvalue weighted by Gasteiger charge is 2.23. The number of rotatable bonds is 9. The summed E-state index contributed by atoms with van der Waals surface area (Å²) < 4.78 is 6.00. The fourth-order valence-electron chi connectivity index (χ4n) is 5.27. The van der Waals surface area contributed by atoms with Gasteiger partial charge in [0, 0.05) is 56.1 Å². The Balaban J connectivity index is 1.02. The molecule has 4 heterocycles. The van der Waals surface area contributed by atoms with Gasteiger partial charge in [-0.25, -0.2) is 15.0 Å². The van der Waals surface area contributed by atoms with Gasteiger partial charge in [0.05, 0.1) is 0 Å². The Morgan fingerprint density at radius 1 is 0.878 bits per heavy atom. The molecule has 0 unspecified atom stereocenters. The number of nitrogens with two attached hydrogens (primary N) is 1. The molecule has 0 saturated carbocycles. The molecule has 0 bridgehead atoms. The van der Waals surface area contributed by atoms with Crippen LogP contribution in [0.4, 0.5) is 29.4 Å². The molecular weight excluding hydrogens is 516 g/mol. The standard InChI is InChI=1S/C30H36N10O/c1-38-13-5-8-25(38)20-41-26-11-9-24(10-12-26)35-28-33-21-34-30(37-28)40-16-14-39(15-17-40)29-32-19-23(27(31)36-29)18-22-6-3-2-4-7-22/h2-4,6-7,9-12,19,21,25H,5,8,13-18,20H2,1H3,(H2,31,32,36)(H,33,34,35,37)/t25-/m1/s1. The van der Waals surface area contributed by atoms with Crippen molar-refractivity contribution >= 4 is 29.4 Å². The predicted octanol–water partition coefficient (Wildman–Crippen LogP) is 3.38. The Morgan fingerprint density at radius 2 is 1.61 bits per heavy atom. The number of nitrogens with one attached hydrogen (secondary N) is 1. The van der Waals surface area contributed by atoms with Crippen LogP contribution >= 0.6 is 0 Å². The van der Waals surface area contributed by atoms with Gasteiger partial charge in [0.25, 0.3) is 0 Å². The van der Waals surface area contributed by atoms with E-state index < -0.39 is 0 Å². The summed E-state index contributed by atoms with van der Waals surface area (Å²) in [7, 11) is 2.16. The van der Waals surface area contributed by atoms with Gasteiger partial charge in [0.15, 0.2) is 0 Å². The average molecular weight is 553 g/mol. The zero-order chi connectivity index (χ0) is 28.0. The van der Waals surface area contributed by atoms with E-state index >= 15 is 0 Å². The number of benzene rings is 2. The zero-order valence-electron chi connectivity index (χ0n) is 23.4. The molecule has 212 valence electrons. The molecule has 11 heteroatoms. The SMILES string of the molecule is CN1CCC[C@@H]1COc1ccc(Nc2ncnc(N3CCN(c4ncc(Cc5ccccc5)c(N)n4)CC3)n2)cc1. The highest BCUT2D eigenvalue weighted by atomic mass is 16.5. The Labute approximate surface area is 240 Å². The lowest BCUT2D eigenvalue weighted by Gasteiger charge is -2.34. The van der Waals surface area contributed by atoms with Gasteiger partial charge in [-0.2, -0.15) is 9.97 Å². The van der Waals surface area contributed by atoms with Crippen LogP contribution in [-0.4, -0.2) is 82.2 Å². The highest BCUT2D eigenvalue weighted by Crippen LogP contribution is 2.23. The van der Waals surface area contributed by atoms with Crippen LogP contribution in [0.2, 0.25) is 0 Å². The largest absolute Gasteiger partial charge is 0.492 e. The fourth-order valence-corrected chi connectivity index (χ4v) is 5.27. The molecule has 41 heavy (non-hydrogen) atoms. The number of nitrogen functional groups attached to an aromatic ring is 1. The van der Waals surface area contributed by atoms with Crippen LogP contribution in [0.25, 0.3) is 0 Å². The zero-order valence-corrected chi connectivity index (χ0v) is 23.4. The van der Waals surface area contributed by atoms with Crippen LogP contribution in [0.5, 0.6) is 5.75 Å². The molecule has 3 N–H and O–H groups in total. The molecule has 0 radical (unpaired) electrons. The molecule has 2 aromatic carbocycles. The minimum absolute atomic E-state index is 0.495. The molecule has 1 atom stereocenters. The van der Waals surface area contributed by atoms with Gasteiger partial charge in [-0.1, -0.05) is 30.3 Å². The van der Waals surface area contributed by atoms with Gasteiger partial charge in [-0.05, 0) is 56.3 Å². The second-order valence-electron chi connectivity index (χ2n) is 10.6. The summed E-state index contributed by atoms with van der Waals surface area (Å²) in [6.07, 6.45) is 6.53. The lowest BCUT2D eigenvalue weighted by atomic mass is 10.1. The maximum atomic E-state index is 6.30. The third kappa shape index (κ3) is 6.63. The van der Waals surface area contributed by atoms with Gasteiger partial charge in [-0.15, -0.1) is 0 Å². The molecule has 2 fully saturated rings. The van der Waals surface area contributed by atoms with Crippen molar-refractivity contribution in [1.82, 2.24) is 29.8 Å². The highest BCUT2D eigenvalue weighted by molar-refractivity contribution is 5.55. The molecule has 6 rings (SSSR count). The van der Waals surface area contributed by atoms with Crippen LogP contribution in [-0.2, 0) is 6.42 Å². The summed E-state index contributed by atoms with van der Waals surface area (Å²) in [6.45, 7) is 4.81. The number of aromatic nitrogens is 5. The lowest BCUT2D eigenvalue weighted by Crippen LogP contribution is -2.47. The minimum atomic E-state index is 0.495. The first-order chi connectivity index (χ1) is 20.1. The van der Waals surface area contributed by atoms with Crippen molar-refractivity contribution in [3.63, 3.8) is 0 Å². The molecule has 0 amide bonds. The molecule has 11 nitrogen and oxygen atoms in total. The number of hydrogen-bond donors (Lipinski definition) is 2. The number of piperazine rings is 1.